The highest BCUT2D eigenvalue weighted by atomic mass is 32.2. The van der Waals surface area contributed by atoms with Gasteiger partial charge in [-0.05, 0) is 24.6 Å². The Bertz CT molecular complexity index is 662. The van der Waals surface area contributed by atoms with Crippen molar-refractivity contribution in [2.24, 2.45) is 0 Å². The van der Waals surface area contributed by atoms with Crippen molar-refractivity contribution in [2.45, 2.75) is 11.8 Å². The third-order valence-electron chi connectivity index (χ3n) is 2.03. The van der Waals surface area contributed by atoms with Gasteiger partial charge >= 0.3 is 0 Å². The molecule has 0 heterocycles. The van der Waals surface area contributed by atoms with Gasteiger partial charge in [0.25, 0.3) is 10.1 Å². The fourth-order valence-corrected chi connectivity index (χ4v) is 1.94. The number of allylic oxidation sites excluding steroid dienone is 1. The SMILES string of the molecule is Cc1ccc(NC=C(C#N)C#N)c(S(=O)(=O)O)c1. The van der Waals surface area contributed by atoms with Gasteiger partial charge in [0.1, 0.15) is 22.6 Å². The molecule has 0 aliphatic heterocycles. The van der Waals surface area contributed by atoms with Crippen molar-refractivity contribution in [2.75, 3.05) is 5.32 Å². The standard InChI is InChI=1S/C11H9N3O3S/c1-8-2-3-10(11(4-8)18(15,16)17)14-7-9(5-12)6-13/h2-4,7,14H,1H3,(H,15,16,17). The molecule has 0 aliphatic rings. The second kappa shape index (κ2) is 5.32. The van der Waals surface area contributed by atoms with E-state index in [0.29, 0.717) is 5.56 Å². The zero-order valence-corrected chi connectivity index (χ0v) is 10.2. The summed E-state index contributed by atoms with van der Waals surface area (Å²) in [5.41, 5.74) is 0.529. The summed E-state index contributed by atoms with van der Waals surface area (Å²) in [7, 11) is -4.37. The normalized spacial score (nSPS) is 10.0. The summed E-state index contributed by atoms with van der Waals surface area (Å²) in [5, 5.41) is 19.6. The largest absolute Gasteiger partial charge is 0.359 e. The van der Waals surface area contributed by atoms with Crippen LogP contribution < -0.4 is 5.32 Å². The summed E-state index contributed by atoms with van der Waals surface area (Å²) >= 11 is 0. The Labute approximate surface area is 105 Å². The molecule has 0 saturated heterocycles. The number of anilines is 1. The molecule has 6 nitrogen and oxygen atoms in total. The Morgan fingerprint density at radius 2 is 2.00 bits per heavy atom. The van der Waals surface area contributed by atoms with Gasteiger partial charge in [-0.3, -0.25) is 4.55 Å². The Hall–Kier alpha value is -2.35. The fraction of sp³-hybridized carbons (Fsp3) is 0.0909. The van der Waals surface area contributed by atoms with Gasteiger partial charge < -0.3 is 5.32 Å². The average Bonchev–Trinajstić information content (AvgIpc) is 2.30. The Kier molecular flexibility index (Phi) is 4.05. The van der Waals surface area contributed by atoms with Crippen LogP contribution in [0.4, 0.5) is 5.69 Å². The summed E-state index contributed by atoms with van der Waals surface area (Å²) in [6.45, 7) is 1.67. The van der Waals surface area contributed by atoms with E-state index in [0.717, 1.165) is 6.20 Å². The quantitative estimate of drug-likeness (QED) is 0.632. The first-order valence-electron chi connectivity index (χ1n) is 4.73. The van der Waals surface area contributed by atoms with E-state index in [1.165, 1.54) is 12.1 Å². The molecule has 0 amide bonds. The van der Waals surface area contributed by atoms with Crippen LogP contribution in [0.25, 0.3) is 0 Å². The first-order valence-corrected chi connectivity index (χ1v) is 6.17. The van der Waals surface area contributed by atoms with E-state index in [2.05, 4.69) is 5.32 Å². The monoisotopic (exact) mass is 263 g/mol. The van der Waals surface area contributed by atoms with E-state index < -0.39 is 10.1 Å². The minimum absolute atomic E-state index is 0.0890. The highest BCUT2D eigenvalue weighted by Crippen LogP contribution is 2.22. The van der Waals surface area contributed by atoms with Gasteiger partial charge in [-0.1, -0.05) is 6.07 Å². The molecule has 1 rings (SSSR count). The summed E-state index contributed by atoms with van der Waals surface area (Å²) in [6, 6.07) is 7.58. The van der Waals surface area contributed by atoms with Crippen LogP contribution in [0.2, 0.25) is 0 Å². The molecule has 1 aromatic rings. The maximum atomic E-state index is 11.2. The Morgan fingerprint density at radius 3 is 2.50 bits per heavy atom. The zero-order valence-electron chi connectivity index (χ0n) is 9.38. The maximum absolute atomic E-state index is 11.2. The Balaban J connectivity index is 3.24. The van der Waals surface area contributed by atoms with Crippen molar-refractivity contribution < 1.29 is 13.0 Å². The second-order valence-corrected chi connectivity index (χ2v) is 4.79. The van der Waals surface area contributed by atoms with Gasteiger partial charge in [-0.2, -0.15) is 18.9 Å². The van der Waals surface area contributed by atoms with Crippen molar-refractivity contribution in [1.82, 2.24) is 0 Å². The van der Waals surface area contributed by atoms with Gasteiger partial charge in [-0.15, -0.1) is 0 Å². The van der Waals surface area contributed by atoms with E-state index in [9.17, 15) is 8.42 Å². The third-order valence-corrected chi connectivity index (χ3v) is 2.92. The molecule has 0 aromatic heterocycles. The predicted octanol–water partition coefficient (Wildman–Crippen LogP) is 1.58. The number of nitrogens with zero attached hydrogens (tertiary/aromatic N) is 2. The molecule has 0 bridgehead atoms. The van der Waals surface area contributed by atoms with E-state index in [1.54, 1.807) is 25.1 Å². The molecule has 0 fully saturated rings. The van der Waals surface area contributed by atoms with E-state index >= 15 is 0 Å². The van der Waals surface area contributed by atoms with Crippen LogP contribution in [0, 0.1) is 29.6 Å². The van der Waals surface area contributed by atoms with Gasteiger partial charge in [-0.25, -0.2) is 0 Å². The van der Waals surface area contributed by atoms with Gasteiger partial charge in [0.15, 0.2) is 0 Å². The lowest BCUT2D eigenvalue weighted by atomic mass is 10.2. The number of nitrogens with one attached hydrogen (secondary N) is 1. The highest BCUT2D eigenvalue weighted by Gasteiger charge is 2.15. The molecule has 0 atom stereocenters. The van der Waals surface area contributed by atoms with Crippen LogP contribution in [-0.2, 0) is 10.1 Å². The smallest absolute Gasteiger partial charge is 0.296 e. The lowest BCUT2D eigenvalue weighted by Gasteiger charge is -2.07. The number of hydrogen-bond donors (Lipinski definition) is 2. The molecule has 0 radical (unpaired) electrons. The molecule has 0 unspecified atom stereocenters. The van der Waals surface area contributed by atoms with E-state index in [1.807, 2.05) is 0 Å². The van der Waals surface area contributed by atoms with Crippen LogP contribution in [0.1, 0.15) is 5.56 Å². The molecule has 7 heteroatoms. The molecule has 92 valence electrons. The number of aryl methyl sites for hydroxylation is 1. The Morgan fingerprint density at radius 1 is 1.39 bits per heavy atom. The molecule has 0 aliphatic carbocycles. The summed E-state index contributed by atoms with van der Waals surface area (Å²) < 4.78 is 31.4. The first-order chi connectivity index (χ1) is 8.38. The molecule has 1 aromatic carbocycles. The van der Waals surface area contributed by atoms with Gasteiger partial charge in [0.05, 0.1) is 5.69 Å². The van der Waals surface area contributed by atoms with Gasteiger partial charge in [0, 0.05) is 6.20 Å². The molecule has 18 heavy (non-hydrogen) atoms. The lowest BCUT2D eigenvalue weighted by molar-refractivity contribution is 0.483. The summed E-state index contributed by atoms with van der Waals surface area (Å²) in [6.07, 6.45) is 1.07. The van der Waals surface area contributed by atoms with Crippen LogP contribution >= 0.6 is 0 Å². The minimum atomic E-state index is -4.37. The van der Waals surface area contributed by atoms with E-state index in [4.69, 9.17) is 15.1 Å². The highest BCUT2D eigenvalue weighted by molar-refractivity contribution is 7.86. The lowest BCUT2D eigenvalue weighted by Crippen LogP contribution is -2.03. The zero-order chi connectivity index (χ0) is 13.8. The third kappa shape index (κ3) is 3.32. The number of nitriles is 2. The summed E-state index contributed by atoms with van der Waals surface area (Å²) in [4.78, 5) is -0.311. The topological polar surface area (TPSA) is 114 Å². The van der Waals surface area contributed by atoms with Crippen molar-refractivity contribution in [1.29, 1.82) is 10.5 Å². The first kappa shape index (κ1) is 13.7. The van der Waals surface area contributed by atoms with Crippen molar-refractivity contribution in [3.63, 3.8) is 0 Å². The molecular formula is C11H9N3O3S. The van der Waals surface area contributed by atoms with Crippen LogP contribution in [-0.4, -0.2) is 13.0 Å². The van der Waals surface area contributed by atoms with Crippen LogP contribution in [0.5, 0.6) is 0 Å². The molecular weight excluding hydrogens is 254 g/mol. The number of benzene rings is 1. The molecule has 0 saturated carbocycles. The average molecular weight is 263 g/mol. The van der Waals surface area contributed by atoms with Crippen molar-refractivity contribution in [3.05, 3.63) is 35.5 Å². The van der Waals surface area contributed by atoms with Gasteiger partial charge in [0.2, 0.25) is 0 Å². The fourth-order valence-electron chi connectivity index (χ4n) is 1.20. The molecule has 0 spiro atoms. The maximum Gasteiger partial charge on any atom is 0.296 e. The van der Waals surface area contributed by atoms with Crippen molar-refractivity contribution >= 4 is 15.8 Å². The van der Waals surface area contributed by atoms with E-state index in [-0.39, 0.29) is 16.2 Å². The molecule has 2 N–H and O–H groups in total. The van der Waals surface area contributed by atoms with Crippen molar-refractivity contribution in [3.8, 4) is 12.1 Å². The minimum Gasteiger partial charge on any atom is -0.359 e. The van der Waals surface area contributed by atoms with Crippen LogP contribution in [0.3, 0.4) is 0 Å². The number of rotatable bonds is 3. The van der Waals surface area contributed by atoms with Crippen LogP contribution in [0.15, 0.2) is 34.9 Å². The number of hydrogen-bond acceptors (Lipinski definition) is 5. The second-order valence-electron chi connectivity index (χ2n) is 3.40. The predicted molar refractivity (Wildman–Crippen MR) is 63.9 cm³/mol. The summed E-state index contributed by atoms with van der Waals surface area (Å²) in [5.74, 6) is 0.